The third-order valence-electron chi connectivity index (χ3n) is 6.96. The number of ketones is 1. The lowest BCUT2D eigenvalue weighted by Gasteiger charge is -2.20. The number of ether oxygens (including phenoxy) is 1. The number of amides is 1. The number of methoxy groups -OCH3 is 1. The zero-order chi connectivity index (χ0) is 31.7. The number of halogens is 1. The van der Waals surface area contributed by atoms with Gasteiger partial charge in [0.15, 0.2) is 5.78 Å². The van der Waals surface area contributed by atoms with Crippen molar-refractivity contribution >= 4 is 17.7 Å². The molecule has 0 aliphatic rings. The molecule has 5 N–H and O–H groups in total. The summed E-state index contributed by atoms with van der Waals surface area (Å²) in [7, 11) is 1.23. The number of nitrogens with one attached hydrogen (secondary N) is 1. The molecule has 43 heavy (non-hydrogen) atoms. The van der Waals surface area contributed by atoms with E-state index in [1.165, 1.54) is 32.2 Å². The van der Waals surface area contributed by atoms with E-state index in [1.54, 1.807) is 12.1 Å². The molecule has 10 heteroatoms. The highest BCUT2D eigenvalue weighted by atomic mass is 19.1. The van der Waals surface area contributed by atoms with Crippen molar-refractivity contribution in [3.63, 3.8) is 0 Å². The highest BCUT2D eigenvalue weighted by molar-refractivity contribution is 6.05. The molecule has 1 aromatic heterocycles. The Kier molecular flexibility index (Phi) is 11.8. The second-order valence-electron chi connectivity index (χ2n) is 10.8. The Morgan fingerprint density at radius 1 is 1.00 bits per heavy atom. The summed E-state index contributed by atoms with van der Waals surface area (Å²) in [5.74, 6) is -1.64. The summed E-state index contributed by atoms with van der Waals surface area (Å²) >= 11 is 0. The first kappa shape index (κ1) is 33.2. The van der Waals surface area contributed by atoms with Crippen LogP contribution in [0.3, 0.4) is 0 Å². The van der Waals surface area contributed by atoms with Crippen molar-refractivity contribution in [1.29, 1.82) is 0 Å². The molecule has 230 valence electrons. The zero-order valence-corrected chi connectivity index (χ0v) is 25.0. The van der Waals surface area contributed by atoms with Gasteiger partial charge in [0.25, 0.3) is 5.91 Å². The van der Waals surface area contributed by atoms with Gasteiger partial charge in [-0.05, 0) is 63.3 Å². The number of carbonyl (C=O) groups is 3. The van der Waals surface area contributed by atoms with Crippen molar-refractivity contribution in [3.05, 3.63) is 83.6 Å². The fourth-order valence-electron chi connectivity index (χ4n) is 5.16. The minimum atomic E-state index is -1.08. The van der Waals surface area contributed by atoms with E-state index in [-0.39, 0.29) is 43.3 Å². The SMILES string of the molecule is COC(=O)CC(O)CC(O)CCc1c(-c2ccc(F)cc2)c(-c2ccccc2)c(C(=O)NCC(N)=CC(C)=O)n1C(C)C. The molecule has 0 saturated carbocycles. The molecule has 1 heterocycles. The van der Waals surface area contributed by atoms with E-state index in [9.17, 15) is 29.0 Å². The summed E-state index contributed by atoms with van der Waals surface area (Å²) in [4.78, 5) is 37.0. The van der Waals surface area contributed by atoms with E-state index >= 15 is 0 Å². The van der Waals surface area contributed by atoms with Gasteiger partial charge in [-0.2, -0.15) is 0 Å². The summed E-state index contributed by atoms with van der Waals surface area (Å²) in [5.41, 5.74) is 10.0. The maximum Gasteiger partial charge on any atom is 0.308 e. The number of aromatic nitrogens is 1. The van der Waals surface area contributed by atoms with E-state index in [2.05, 4.69) is 10.1 Å². The van der Waals surface area contributed by atoms with Crippen LogP contribution in [0.15, 0.2) is 66.4 Å². The maximum atomic E-state index is 14.0. The molecule has 0 radical (unpaired) electrons. The normalized spacial score (nSPS) is 13.1. The first-order valence-corrected chi connectivity index (χ1v) is 14.2. The van der Waals surface area contributed by atoms with Crippen molar-refractivity contribution < 1.29 is 33.7 Å². The molecule has 0 aliphatic heterocycles. The summed E-state index contributed by atoms with van der Waals surface area (Å²) < 4.78 is 20.5. The standard InChI is InChI=1S/C33H40FN3O6/c1-20(2)37-28(15-14-26(39)17-27(40)18-29(41)43-4)30(23-10-12-24(34)13-11-23)31(22-8-6-5-7-9-22)32(37)33(42)36-19-25(35)16-21(3)38/h5-13,16,20,26-27,39-40H,14-15,17-19,35H2,1-4H3,(H,36,42). The third-order valence-corrected chi connectivity index (χ3v) is 6.96. The third kappa shape index (κ3) is 8.86. The van der Waals surface area contributed by atoms with Gasteiger partial charge in [-0.25, -0.2) is 4.39 Å². The van der Waals surface area contributed by atoms with Gasteiger partial charge in [0.2, 0.25) is 0 Å². The average molecular weight is 594 g/mol. The predicted octanol–water partition coefficient (Wildman–Crippen LogP) is 4.31. The molecule has 0 spiro atoms. The number of aliphatic hydroxyl groups excluding tert-OH is 2. The molecule has 2 atom stereocenters. The van der Waals surface area contributed by atoms with Crippen molar-refractivity contribution in [2.24, 2.45) is 5.73 Å². The number of nitrogens with two attached hydrogens (primary N) is 1. The molecular weight excluding hydrogens is 553 g/mol. The molecule has 0 saturated heterocycles. The van der Waals surface area contributed by atoms with Crippen LogP contribution in [0.4, 0.5) is 4.39 Å². The summed E-state index contributed by atoms with van der Waals surface area (Å²) in [6.45, 7) is 5.19. The van der Waals surface area contributed by atoms with Crippen molar-refractivity contribution in [1.82, 2.24) is 9.88 Å². The lowest BCUT2D eigenvalue weighted by Crippen LogP contribution is -2.31. The van der Waals surface area contributed by atoms with Gasteiger partial charge in [-0.1, -0.05) is 42.5 Å². The van der Waals surface area contributed by atoms with Crippen LogP contribution >= 0.6 is 0 Å². The molecule has 0 bridgehead atoms. The van der Waals surface area contributed by atoms with Crippen LogP contribution in [-0.4, -0.2) is 58.3 Å². The molecular formula is C33H40FN3O6. The first-order chi connectivity index (χ1) is 20.4. The van der Waals surface area contributed by atoms with Gasteiger partial charge in [-0.3, -0.25) is 14.4 Å². The minimum Gasteiger partial charge on any atom is -0.469 e. The highest BCUT2D eigenvalue weighted by Crippen LogP contribution is 2.42. The number of benzene rings is 2. The Morgan fingerprint density at radius 2 is 1.63 bits per heavy atom. The second kappa shape index (κ2) is 15.3. The lowest BCUT2D eigenvalue weighted by atomic mass is 9.92. The monoisotopic (exact) mass is 593 g/mol. The van der Waals surface area contributed by atoms with Crippen molar-refractivity contribution in [3.8, 4) is 22.3 Å². The molecule has 3 rings (SSSR count). The molecule has 2 unspecified atom stereocenters. The van der Waals surface area contributed by atoms with Crippen LogP contribution in [0.5, 0.6) is 0 Å². The molecule has 2 aromatic carbocycles. The molecule has 9 nitrogen and oxygen atoms in total. The van der Waals surface area contributed by atoms with Gasteiger partial charge in [-0.15, -0.1) is 0 Å². The Hall–Kier alpha value is -4.28. The van der Waals surface area contributed by atoms with Crippen molar-refractivity contribution in [2.75, 3.05) is 13.7 Å². The highest BCUT2D eigenvalue weighted by Gasteiger charge is 2.30. The second-order valence-corrected chi connectivity index (χ2v) is 10.8. The fraction of sp³-hybridized carbons (Fsp3) is 0.364. The Balaban J connectivity index is 2.18. The Labute approximate surface area is 251 Å². The summed E-state index contributed by atoms with van der Waals surface area (Å²) in [6, 6.07) is 15.1. The van der Waals surface area contributed by atoms with Crippen LogP contribution in [0.1, 0.15) is 62.3 Å². The van der Waals surface area contributed by atoms with Crippen LogP contribution < -0.4 is 11.1 Å². The van der Waals surface area contributed by atoms with Crippen LogP contribution in [0.25, 0.3) is 22.3 Å². The molecule has 0 aliphatic carbocycles. The summed E-state index contributed by atoms with van der Waals surface area (Å²) in [5, 5.41) is 23.9. The van der Waals surface area contributed by atoms with Gasteiger partial charge < -0.3 is 30.6 Å². The van der Waals surface area contributed by atoms with E-state index in [1.807, 2.05) is 48.7 Å². The fourth-order valence-corrected chi connectivity index (χ4v) is 5.16. The zero-order valence-electron chi connectivity index (χ0n) is 25.0. The number of hydrogen-bond donors (Lipinski definition) is 4. The van der Waals surface area contributed by atoms with Gasteiger partial charge in [0.1, 0.15) is 11.5 Å². The predicted molar refractivity (Wildman–Crippen MR) is 163 cm³/mol. The quantitative estimate of drug-likeness (QED) is 0.161. The van der Waals surface area contributed by atoms with Crippen LogP contribution in [0, 0.1) is 5.82 Å². The van der Waals surface area contributed by atoms with E-state index in [0.29, 0.717) is 28.8 Å². The van der Waals surface area contributed by atoms with E-state index in [4.69, 9.17) is 5.73 Å². The number of esters is 1. The smallest absolute Gasteiger partial charge is 0.308 e. The number of carbonyl (C=O) groups excluding carboxylic acids is 3. The van der Waals surface area contributed by atoms with Crippen LogP contribution in [-0.2, 0) is 20.7 Å². The van der Waals surface area contributed by atoms with Crippen molar-refractivity contribution in [2.45, 2.75) is 64.7 Å². The molecule has 0 fully saturated rings. The largest absolute Gasteiger partial charge is 0.469 e. The number of allylic oxidation sites excluding steroid dienone is 1. The first-order valence-electron chi connectivity index (χ1n) is 14.2. The Morgan fingerprint density at radius 3 is 2.21 bits per heavy atom. The van der Waals surface area contributed by atoms with Gasteiger partial charge in [0.05, 0.1) is 32.3 Å². The maximum absolute atomic E-state index is 14.0. The number of nitrogens with zero attached hydrogens (tertiary/aromatic N) is 1. The van der Waals surface area contributed by atoms with Crippen LogP contribution in [0.2, 0.25) is 0 Å². The van der Waals surface area contributed by atoms with E-state index < -0.39 is 29.9 Å². The molecule has 1 amide bonds. The lowest BCUT2D eigenvalue weighted by molar-refractivity contribution is -0.143. The Bertz CT molecular complexity index is 1450. The molecule has 3 aromatic rings. The number of rotatable bonds is 14. The topological polar surface area (TPSA) is 144 Å². The van der Waals surface area contributed by atoms with Gasteiger partial charge >= 0.3 is 5.97 Å². The average Bonchev–Trinajstić information content (AvgIpc) is 3.30. The summed E-state index contributed by atoms with van der Waals surface area (Å²) in [6.07, 6.45) is -0.533. The van der Waals surface area contributed by atoms with E-state index in [0.717, 1.165) is 11.3 Å². The number of hydrogen-bond acceptors (Lipinski definition) is 7. The van der Waals surface area contributed by atoms with Gasteiger partial charge in [0, 0.05) is 34.6 Å². The minimum absolute atomic E-state index is 0.0377. The number of aliphatic hydroxyl groups is 2.